The molecule has 0 saturated carbocycles. The molecule has 2 aromatic heterocycles. The molecule has 1 unspecified atom stereocenters. The quantitative estimate of drug-likeness (QED) is 0.742. The molecule has 1 atom stereocenters. The van der Waals surface area contributed by atoms with E-state index in [2.05, 4.69) is 48.5 Å². The van der Waals surface area contributed by atoms with Crippen LogP contribution >= 0.6 is 11.3 Å². The number of hydrogen-bond acceptors (Lipinski definition) is 4. The van der Waals surface area contributed by atoms with Gasteiger partial charge in [0.05, 0.1) is 5.52 Å². The number of likely N-dealkylation sites (N-methyl/N-ethyl adjacent to an activating group) is 1. The summed E-state index contributed by atoms with van der Waals surface area (Å²) in [6, 6.07) is 14.7. The molecule has 3 aromatic rings. The largest absolute Gasteiger partial charge is 0.399 e. The van der Waals surface area contributed by atoms with Gasteiger partial charge in [-0.25, -0.2) is 4.98 Å². The van der Waals surface area contributed by atoms with E-state index in [1.54, 1.807) is 0 Å². The Morgan fingerprint density at radius 3 is 2.86 bits per heavy atom. The topological polar surface area (TPSA) is 42.1 Å². The third-order valence-electron chi connectivity index (χ3n) is 3.80. The molecule has 2 heterocycles. The number of aromatic nitrogens is 1. The smallest absolute Gasteiger partial charge is 0.129 e. The number of fused-ring (bicyclic) bond motifs is 1. The summed E-state index contributed by atoms with van der Waals surface area (Å²) in [6.07, 6.45) is 1.04. The Balaban J connectivity index is 1.83. The van der Waals surface area contributed by atoms with E-state index in [0.29, 0.717) is 6.04 Å². The molecule has 2 N–H and O–H groups in total. The maximum atomic E-state index is 5.81. The fourth-order valence-corrected chi connectivity index (χ4v) is 3.24. The summed E-state index contributed by atoms with van der Waals surface area (Å²) in [5.41, 5.74) is 7.57. The van der Waals surface area contributed by atoms with Gasteiger partial charge in [-0.1, -0.05) is 6.07 Å². The first-order valence-corrected chi connectivity index (χ1v) is 7.93. The lowest BCUT2D eigenvalue weighted by Crippen LogP contribution is -2.31. The van der Waals surface area contributed by atoms with Gasteiger partial charge in [0.25, 0.3) is 0 Å². The monoisotopic (exact) mass is 297 g/mol. The third-order valence-corrected chi connectivity index (χ3v) is 4.70. The number of thiophene rings is 1. The zero-order chi connectivity index (χ0) is 14.8. The minimum Gasteiger partial charge on any atom is -0.399 e. The second-order valence-electron chi connectivity index (χ2n) is 5.37. The predicted octanol–water partition coefficient (Wildman–Crippen LogP) is 3.95. The molecule has 0 aliphatic heterocycles. The molecular formula is C17H19N3S. The summed E-state index contributed by atoms with van der Waals surface area (Å²) >= 11 is 1.81. The van der Waals surface area contributed by atoms with Crippen LogP contribution in [0.25, 0.3) is 10.9 Å². The van der Waals surface area contributed by atoms with Crippen molar-refractivity contribution < 1.29 is 0 Å². The predicted molar refractivity (Wildman–Crippen MR) is 92.0 cm³/mol. The van der Waals surface area contributed by atoms with Gasteiger partial charge in [-0.15, -0.1) is 11.3 Å². The Kier molecular flexibility index (Phi) is 3.80. The van der Waals surface area contributed by atoms with Gasteiger partial charge in [0, 0.05) is 35.5 Å². The van der Waals surface area contributed by atoms with E-state index in [4.69, 9.17) is 10.7 Å². The molecule has 21 heavy (non-hydrogen) atoms. The van der Waals surface area contributed by atoms with Crippen molar-refractivity contribution in [3.8, 4) is 0 Å². The van der Waals surface area contributed by atoms with Crippen molar-refractivity contribution >= 4 is 33.7 Å². The molecule has 0 amide bonds. The average molecular weight is 297 g/mol. The summed E-state index contributed by atoms with van der Waals surface area (Å²) in [5.74, 6) is 0.997. The highest BCUT2D eigenvalue weighted by Crippen LogP contribution is 2.22. The van der Waals surface area contributed by atoms with E-state index in [-0.39, 0.29) is 0 Å². The molecule has 0 spiro atoms. The van der Waals surface area contributed by atoms with Crippen molar-refractivity contribution in [1.29, 1.82) is 0 Å². The molecule has 0 saturated heterocycles. The van der Waals surface area contributed by atoms with Gasteiger partial charge in [0.15, 0.2) is 0 Å². The average Bonchev–Trinajstić information content (AvgIpc) is 2.98. The van der Waals surface area contributed by atoms with Gasteiger partial charge in [-0.3, -0.25) is 0 Å². The lowest BCUT2D eigenvalue weighted by atomic mass is 10.1. The van der Waals surface area contributed by atoms with E-state index < -0.39 is 0 Å². The molecule has 0 bridgehead atoms. The fourth-order valence-electron chi connectivity index (χ4n) is 2.41. The zero-order valence-electron chi connectivity index (χ0n) is 12.3. The summed E-state index contributed by atoms with van der Waals surface area (Å²) in [5, 5.41) is 3.21. The standard InChI is InChI=1S/C17H19N3S/c1-12(10-15-4-3-9-21-15)20(2)17-8-5-13-11-14(18)6-7-16(13)19-17/h3-9,11-12H,10,18H2,1-2H3. The first-order valence-electron chi connectivity index (χ1n) is 7.05. The zero-order valence-corrected chi connectivity index (χ0v) is 13.1. The fraction of sp³-hybridized carbons (Fsp3) is 0.235. The van der Waals surface area contributed by atoms with E-state index in [0.717, 1.165) is 28.8 Å². The Morgan fingerprint density at radius 2 is 2.10 bits per heavy atom. The van der Waals surface area contributed by atoms with Crippen LogP contribution in [0.3, 0.4) is 0 Å². The molecule has 4 heteroatoms. The SMILES string of the molecule is CC(Cc1cccs1)N(C)c1ccc2cc(N)ccc2n1. The second-order valence-corrected chi connectivity index (χ2v) is 6.40. The molecule has 0 fully saturated rings. The van der Waals surface area contributed by atoms with E-state index >= 15 is 0 Å². The molecule has 1 aromatic carbocycles. The van der Waals surface area contributed by atoms with Crippen molar-refractivity contribution in [2.24, 2.45) is 0 Å². The second kappa shape index (κ2) is 5.74. The Labute approximate surface area is 129 Å². The Bertz CT molecular complexity index is 737. The maximum absolute atomic E-state index is 5.81. The lowest BCUT2D eigenvalue weighted by Gasteiger charge is -2.26. The van der Waals surface area contributed by atoms with Crippen molar-refractivity contribution in [1.82, 2.24) is 4.98 Å². The first-order chi connectivity index (χ1) is 10.1. The van der Waals surface area contributed by atoms with Crippen LogP contribution in [0.4, 0.5) is 11.5 Å². The van der Waals surface area contributed by atoms with Crippen LogP contribution < -0.4 is 10.6 Å². The van der Waals surface area contributed by atoms with Crippen LogP contribution in [0.2, 0.25) is 0 Å². The van der Waals surface area contributed by atoms with Gasteiger partial charge >= 0.3 is 0 Å². The van der Waals surface area contributed by atoms with Gasteiger partial charge in [0.1, 0.15) is 5.82 Å². The summed E-state index contributed by atoms with van der Waals surface area (Å²) < 4.78 is 0. The Morgan fingerprint density at radius 1 is 1.24 bits per heavy atom. The van der Waals surface area contributed by atoms with Crippen molar-refractivity contribution in [2.75, 3.05) is 17.7 Å². The highest BCUT2D eigenvalue weighted by atomic mass is 32.1. The lowest BCUT2D eigenvalue weighted by molar-refractivity contribution is 0.681. The Hall–Kier alpha value is -2.07. The molecule has 0 aliphatic rings. The number of anilines is 2. The molecular weight excluding hydrogens is 278 g/mol. The van der Waals surface area contributed by atoms with Crippen LogP contribution in [-0.4, -0.2) is 18.1 Å². The van der Waals surface area contributed by atoms with Crippen molar-refractivity contribution in [3.05, 3.63) is 52.7 Å². The van der Waals surface area contributed by atoms with Crippen LogP contribution in [0.15, 0.2) is 47.8 Å². The summed E-state index contributed by atoms with van der Waals surface area (Å²) in [6.45, 7) is 2.23. The number of nitrogen functional groups attached to an aromatic ring is 1. The highest BCUT2D eigenvalue weighted by Gasteiger charge is 2.13. The number of nitrogens with zero attached hydrogens (tertiary/aromatic N) is 2. The van der Waals surface area contributed by atoms with Crippen LogP contribution in [0, 0.1) is 0 Å². The number of nitrogens with two attached hydrogens (primary N) is 1. The summed E-state index contributed by atoms with van der Waals surface area (Å²) in [4.78, 5) is 8.38. The van der Waals surface area contributed by atoms with E-state index in [1.165, 1.54) is 4.88 Å². The van der Waals surface area contributed by atoms with Crippen LogP contribution in [-0.2, 0) is 6.42 Å². The van der Waals surface area contributed by atoms with Crippen molar-refractivity contribution in [3.63, 3.8) is 0 Å². The van der Waals surface area contributed by atoms with Gasteiger partial charge in [-0.2, -0.15) is 0 Å². The molecule has 0 radical (unpaired) electrons. The molecule has 3 nitrogen and oxygen atoms in total. The molecule has 0 aliphatic carbocycles. The van der Waals surface area contributed by atoms with Gasteiger partial charge in [-0.05, 0) is 48.7 Å². The minimum atomic E-state index is 0.405. The first kappa shape index (κ1) is 13.9. The van der Waals surface area contributed by atoms with Gasteiger partial charge < -0.3 is 10.6 Å². The van der Waals surface area contributed by atoms with Crippen LogP contribution in [0.1, 0.15) is 11.8 Å². The highest BCUT2D eigenvalue weighted by molar-refractivity contribution is 7.09. The number of rotatable bonds is 4. The van der Waals surface area contributed by atoms with Crippen molar-refractivity contribution in [2.45, 2.75) is 19.4 Å². The third kappa shape index (κ3) is 3.00. The van der Waals surface area contributed by atoms with E-state index in [9.17, 15) is 0 Å². The van der Waals surface area contributed by atoms with E-state index in [1.807, 2.05) is 29.5 Å². The number of benzene rings is 1. The minimum absolute atomic E-state index is 0.405. The number of pyridine rings is 1. The van der Waals surface area contributed by atoms with Crippen LogP contribution in [0.5, 0.6) is 0 Å². The maximum Gasteiger partial charge on any atom is 0.129 e. The molecule has 3 rings (SSSR count). The summed E-state index contributed by atoms with van der Waals surface area (Å²) in [7, 11) is 2.10. The number of hydrogen-bond donors (Lipinski definition) is 1. The normalized spacial score (nSPS) is 12.5. The van der Waals surface area contributed by atoms with Gasteiger partial charge in [0.2, 0.25) is 0 Å². The molecule has 108 valence electrons.